The highest BCUT2D eigenvalue weighted by Crippen LogP contribution is 2.13. The van der Waals surface area contributed by atoms with E-state index in [-0.39, 0.29) is 22.6 Å². The third-order valence-electron chi connectivity index (χ3n) is 3.36. The van der Waals surface area contributed by atoms with E-state index in [4.69, 9.17) is 0 Å². The molecular formula is C16H19NO3S2. The van der Waals surface area contributed by atoms with E-state index in [1.54, 1.807) is 30.4 Å². The standard InChI is InChI=1S/C16H19NO3S2/c1-3-22(19,20)15-6-4-14(5-7-15)16(18)17-12(2)10-13-8-9-21-11-13/h4-9,11-12H,3,10H2,1-2H3,(H,17,18)/t12-/m0/s1. The van der Waals surface area contributed by atoms with Gasteiger partial charge in [-0.3, -0.25) is 4.79 Å². The lowest BCUT2D eigenvalue weighted by Crippen LogP contribution is -2.33. The molecule has 0 saturated heterocycles. The molecule has 1 heterocycles. The number of amides is 1. The third kappa shape index (κ3) is 4.18. The van der Waals surface area contributed by atoms with E-state index in [1.807, 2.05) is 18.4 Å². The van der Waals surface area contributed by atoms with Crippen LogP contribution in [0, 0.1) is 0 Å². The molecule has 1 atom stereocenters. The van der Waals surface area contributed by atoms with E-state index in [1.165, 1.54) is 17.7 Å². The van der Waals surface area contributed by atoms with E-state index in [9.17, 15) is 13.2 Å². The molecule has 1 aromatic carbocycles. The first-order valence-corrected chi connectivity index (χ1v) is 9.66. The molecule has 22 heavy (non-hydrogen) atoms. The summed E-state index contributed by atoms with van der Waals surface area (Å²) in [5.74, 6) is -0.140. The molecule has 1 N–H and O–H groups in total. The van der Waals surface area contributed by atoms with Crippen molar-refractivity contribution in [2.75, 3.05) is 5.75 Å². The number of nitrogens with one attached hydrogen (secondary N) is 1. The SMILES string of the molecule is CCS(=O)(=O)c1ccc(C(=O)N[C@@H](C)Cc2ccsc2)cc1. The number of thiophene rings is 1. The molecule has 0 bridgehead atoms. The maximum absolute atomic E-state index is 12.2. The van der Waals surface area contributed by atoms with Gasteiger partial charge in [0.1, 0.15) is 0 Å². The van der Waals surface area contributed by atoms with Crippen LogP contribution in [0.1, 0.15) is 29.8 Å². The first kappa shape index (κ1) is 16.7. The van der Waals surface area contributed by atoms with Crippen molar-refractivity contribution in [3.8, 4) is 0 Å². The van der Waals surface area contributed by atoms with Crippen molar-refractivity contribution < 1.29 is 13.2 Å². The first-order chi connectivity index (χ1) is 10.4. The zero-order valence-electron chi connectivity index (χ0n) is 12.6. The summed E-state index contributed by atoms with van der Waals surface area (Å²) in [4.78, 5) is 12.4. The van der Waals surface area contributed by atoms with Gasteiger partial charge in [-0.1, -0.05) is 6.92 Å². The number of carbonyl (C=O) groups is 1. The number of rotatable bonds is 6. The summed E-state index contributed by atoms with van der Waals surface area (Å²) in [5, 5.41) is 7.00. The van der Waals surface area contributed by atoms with Crippen molar-refractivity contribution in [3.05, 3.63) is 52.2 Å². The van der Waals surface area contributed by atoms with Crippen molar-refractivity contribution in [2.45, 2.75) is 31.2 Å². The van der Waals surface area contributed by atoms with Gasteiger partial charge in [0.15, 0.2) is 9.84 Å². The van der Waals surface area contributed by atoms with Gasteiger partial charge in [-0.15, -0.1) is 0 Å². The molecule has 2 aromatic rings. The molecule has 0 aliphatic heterocycles. The third-order valence-corrected chi connectivity index (χ3v) is 5.84. The largest absolute Gasteiger partial charge is 0.349 e. The van der Waals surface area contributed by atoms with Crippen LogP contribution in [0.25, 0.3) is 0 Å². The fraction of sp³-hybridized carbons (Fsp3) is 0.312. The summed E-state index contributed by atoms with van der Waals surface area (Å²) in [5.41, 5.74) is 1.66. The molecule has 0 aliphatic carbocycles. The zero-order valence-corrected chi connectivity index (χ0v) is 14.2. The van der Waals surface area contributed by atoms with Gasteiger partial charge in [0.05, 0.1) is 10.6 Å². The maximum atomic E-state index is 12.2. The molecule has 0 saturated carbocycles. The van der Waals surface area contributed by atoms with Crippen LogP contribution >= 0.6 is 11.3 Å². The van der Waals surface area contributed by atoms with E-state index in [2.05, 4.69) is 10.7 Å². The number of benzene rings is 1. The summed E-state index contributed by atoms with van der Waals surface area (Å²) >= 11 is 1.63. The Morgan fingerprint density at radius 2 is 1.91 bits per heavy atom. The fourth-order valence-corrected chi connectivity index (χ4v) is 3.67. The van der Waals surface area contributed by atoms with Gasteiger partial charge in [-0.25, -0.2) is 8.42 Å². The van der Waals surface area contributed by atoms with Crippen molar-refractivity contribution >= 4 is 27.1 Å². The van der Waals surface area contributed by atoms with Crippen LogP contribution in [0.4, 0.5) is 0 Å². The van der Waals surface area contributed by atoms with Crippen molar-refractivity contribution in [1.29, 1.82) is 0 Å². The maximum Gasteiger partial charge on any atom is 0.251 e. The highest BCUT2D eigenvalue weighted by Gasteiger charge is 2.14. The van der Waals surface area contributed by atoms with Crippen molar-refractivity contribution in [1.82, 2.24) is 5.32 Å². The predicted molar refractivity (Wildman–Crippen MR) is 89.1 cm³/mol. The quantitative estimate of drug-likeness (QED) is 0.881. The molecular weight excluding hydrogens is 318 g/mol. The average Bonchev–Trinajstić information content (AvgIpc) is 3.00. The molecule has 118 valence electrons. The van der Waals surface area contributed by atoms with Gasteiger partial charge >= 0.3 is 0 Å². The topological polar surface area (TPSA) is 63.2 Å². The minimum Gasteiger partial charge on any atom is -0.349 e. The molecule has 0 unspecified atom stereocenters. The van der Waals surface area contributed by atoms with Gasteiger partial charge in [0, 0.05) is 11.6 Å². The highest BCUT2D eigenvalue weighted by molar-refractivity contribution is 7.91. The summed E-state index contributed by atoms with van der Waals surface area (Å²) in [6.45, 7) is 3.55. The highest BCUT2D eigenvalue weighted by atomic mass is 32.2. The minimum absolute atomic E-state index is 0.0150. The normalized spacial score (nSPS) is 12.8. The number of hydrogen-bond acceptors (Lipinski definition) is 4. The molecule has 0 aliphatic rings. The summed E-state index contributed by atoms with van der Waals surface area (Å²) < 4.78 is 23.5. The number of hydrogen-bond donors (Lipinski definition) is 1. The molecule has 4 nitrogen and oxygen atoms in total. The van der Waals surface area contributed by atoms with E-state index < -0.39 is 9.84 Å². The Bertz CT molecular complexity index is 719. The van der Waals surface area contributed by atoms with E-state index >= 15 is 0 Å². The lowest BCUT2D eigenvalue weighted by molar-refractivity contribution is 0.0940. The number of carbonyl (C=O) groups excluding carboxylic acids is 1. The first-order valence-electron chi connectivity index (χ1n) is 7.07. The smallest absolute Gasteiger partial charge is 0.251 e. The Hall–Kier alpha value is -1.66. The molecule has 2 rings (SSSR count). The van der Waals surface area contributed by atoms with E-state index in [0.29, 0.717) is 5.56 Å². The molecule has 1 amide bonds. The summed E-state index contributed by atoms with van der Waals surface area (Å²) in [6, 6.07) is 8.12. The summed E-state index contributed by atoms with van der Waals surface area (Å²) in [6.07, 6.45) is 0.775. The fourth-order valence-electron chi connectivity index (χ4n) is 2.10. The Morgan fingerprint density at radius 3 is 2.45 bits per heavy atom. The second-order valence-corrected chi connectivity index (χ2v) is 8.20. The van der Waals surface area contributed by atoms with Crippen LogP contribution in [-0.4, -0.2) is 26.1 Å². The van der Waals surface area contributed by atoms with Gasteiger partial charge in [-0.2, -0.15) is 11.3 Å². The average molecular weight is 337 g/mol. The molecule has 0 fully saturated rings. The van der Waals surface area contributed by atoms with Crippen LogP contribution in [0.5, 0.6) is 0 Å². The second kappa shape index (κ2) is 7.07. The molecule has 0 radical (unpaired) electrons. The van der Waals surface area contributed by atoms with Crippen LogP contribution in [0.2, 0.25) is 0 Å². The van der Waals surface area contributed by atoms with Crippen LogP contribution in [0.3, 0.4) is 0 Å². The molecule has 1 aromatic heterocycles. The van der Waals surface area contributed by atoms with Gasteiger partial charge < -0.3 is 5.32 Å². The van der Waals surface area contributed by atoms with Crippen LogP contribution in [-0.2, 0) is 16.3 Å². The Balaban J connectivity index is 2.01. The number of sulfone groups is 1. The molecule has 0 spiro atoms. The Kier molecular flexibility index (Phi) is 5.37. The summed E-state index contributed by atoms with van der Waals surface area (Å²) in [7, 11) is -3.23. The lowest BCUT2D eigenvalue weighted by atomic mass is 10.1. The zero-order chi connectivity index (χ0) is 16.2. The minimum atomic E-state index is -3.23. The predicted octanol–water partition coefficient (Wildman–Crippen LogP) is 2.90. The van der Waals surface area contributed by atoms with Crippen molar-refractivity contribution in [2.24, 2.45) is 0 Å². The second-order valence-electron chi connectivity index (χ2n) is 5.14. The van der Waals surface area contributed by atoms with Gasteiger partial charge in [0.25, 0.3) is 5.91 Å². The van der Waals surface area contributed by atoms with Gasteiger partial charge in [-0.05, 0) is 60.0 Å². The molecule has 6 heteroatoms. The van der Waals surface area contributed by atoms with Crippen LogP contribution < -0.4 is 5.32 Å². The Labute approximate surface area is 135 Å². The van der Waals surface area contributed by atoms with E-state index in [0.717, 1.165) is 6.42 Å². The van der Waals surface area contributed by atoms with Crippen LogP contribution in [0.15, 0.2) is 46.0 Å². The van der Waals surface area contributed by atoms with Crippen molar-refractivity contribution in [3.63, 3.8) is 0 Å². The Morgan fingerprint density at radius 1 is 1.23 bits per heavy atom. The lowest BCUT2D eigenvalue weighted by Gasteiger charge is -2.13. The van der Waals surface area contributed by atoms with Gasteiger partial charge in [0.2, 0.25) is 0 Å². The monoisotopic (exact) mass is 337 g/mol.